The second-order valence-corrected chi connectivity index (χ2v) is 8.73. The second kappa shape index (κ2) is 9.36. The second-order valence-electron chi connectivity index (χ2n) is 6.61. The molecule has 1 aromatic carbocycles. The summed E-state index contributed by atoms with van der Waals surface area (Å²) in [6.45, 7) is 5.64. The Hall–Kier alpha value is -2.78. The summed E-state index contributed by atoms with van der Waals surface area (Å²) in [6, 6.07) is 5.47. The van der Waals surface area contributed by atoms with Crippen molar-refractivity contribution in [1.29, 1.82) is 0 Å². The van der Waals surface area contributed by atoms with Gasteiger partial charge in [-0.3, -0.25) is 0 Å². The van der Waals surface area contributed by atoms with Crippen LogP contribution < -0.4 is 19.5 Å². The Morgan fingerprint density at radius 3 is 2.30 bits per heavy atom. The molecular formula is C21H24N2O5S2. The van der Waals surface area contributed by atoms with Crippen LogP contribution in [0.25, 0.3) is 11.3 Å². The first-order valence-electron chi connectivity index (χ1n) is 9.20. The Kier molecular flexibility index (Phi) is 6.84. The summed E-state index contributed by atoms with van der Waals surface area (Å²) in [4.78, 5) is 18.5. The van der Waals surface area contributed by atoms with Crippen LogP contribution in [-0.4, -0.2) is 38.4 Å². The van der Waals surface area contributed by atoms with Crippen molar-refractivity contribution >= 4 is 39.5 Å². The Bertz CT molecular complexity index is 1020. The SMILES string of the molecule is COc1cc(Nc2nc(-c3cc(C(=O)OC(C)C)sc3C)cs2)cc(OC)c1OC. The van der Waals surface area contributed by atoms with Gasteiger partial charge in [0.25, 0.3) is 0 Å². The van der Waals surface area contributed by atoms with Crippen LogP contribution in [0.2, 0.25) is 0 Å². The highest BCUT2D eigenvalue weighted by molar-refractivity contribution is 7.15. The predicted octanol–water partition coefficient (Wildman–Crippen LogP) is 5.51. The number of carbonyl (C=O) groups excluding carboxylic acids is 1. The maximum absolute atomic E-state index is 12.2. The fourth-order valence-electron chi connectivity index (χ4n) is 2.84. The molecule has 0 atom stereocenters. The topological polar surface area (TPSA) is 78.9 Å². The van der Waals surface area contributed by atoms with Gasteiger partial charge < -0.3 is 24.3 Å². The van der Waals surface area contributed by atoms with Crippen molar-refractivity contribution in [2.24, 2.45) is 0 Å². The minimum absolute atomic E-state index is 0.156. The number of hydrogen-bond acceptors (Lipinski definition) is 9. The number of nitrogens with zero attached hydrogens (tertiary/aromatic N) is 1. The van der Waals surface area contributed by atoms with Gasteiger partial charge in [0.1, 0.15) is 4.88 Å². The summed E-state index contributed by atoms with van der Waals surface area (Å²) < 4.78 is 21.4. The summed E-state index contributed by atoms with van der Waals surface area (Å²) in [5.74, 6) is 1.33. The average Bonchev–Trinajstić information content (AvgIpc) is 3.32. The molecule has 0 aliphatic rings. The van der Waals surface area contributed by atoms with Gasteiger partial charge in [0, 0.05) is 33.6 Å². The third-order valence-electron chi connectivity index (χ3n) is 4.16. The van der Waals surface area contributed by atoms with E-state index < -0.39 is 0 Å². The zero-order valence-electron chi connectivity index (χ0n) is 17.7. The fraction of sp³-hybridized carbons (Fsp3) is 0.333. The maximum Gasteiger partial charge on any atom is 0.348 e. The van der Waals surface area contributed by atoms with E-state index in [0.717, 1.165) is 21.8 Å². The van der Waals surface area contributed by atoms with Crippen molar-refractivity contribution in [3.05, 3.63) is 33.3 Å². The fourth-order valence-corrected chi connectivity index (χ4v) is 4.48. The third-order valence-corrected chi connectivity index (χ3v) is 5.95. The molecule has 0 aliphatic heterocycles. The molecular weight excluding hydrogens is 424 g/mol. The number of ether oxygens (including phenoxy) is 4. The molecule has 2 aromatic heterocycles. The van der Waals surface area contributed by atoms with Crippen LogP contribution in [-0.2, 0) is 4.74 Å². The van der Waals surface area contributed by atoms with Gasteiger partial charge in [-0.25, -0.2) is 9.78 Å². The lowest BCUT2D eigenvalue weighted by atomic mass is 10.2. The highest BCUT2D eigenvalue weighted by Crippen LogP contribution is 2.41. The molecule has 0 amide bonds. The molecule has 2 heterocycles. The van der Waals surface area contributed by atoms with Crippen LogP contribution in [0.3, 0.4) is 0 Å². The van der Waals surface area contributed by atoms with Gasteiger partial charge in [-0.1, -0.05) is 0 Å². The number of methoxy groups -OCH3 is 3. The van der Waals surface area contributed by atoms with Crippen molar-refractivity contribution in [3.63, 3.8) is 0 Å². The number of thiazole rings is 1. The van der Waals surface area contributed by atoms with Crippen molar-refractivity contribution in [3.8, 4) is 28.5 Å². The summed E-state index contributed by atoms with van der Waals surface area (Å²) in [5, 5.41) is 5.93. The van der Waals surface area contributed by atoms with Crippen LogP contribution in [0.1, 0.15) is 28.4 Å². The molecule has 9 heteroatoms. The Morgan fingerprint density at radius 2 is 1.73 bits per heavy atom. The van der Waals surface area contributed by atoms with E-state index in [-0.39, 0.29) is 12.1 Å². The Labute approximate surface area is 183 Å². The predicted molar refractivity (Wildman–Crippen MR) is 120 cm³/mol. The zero-order chi connectivity index (χ0) is 21.8. The molecule has 3 aromatic rings. The highest BCUT2D eigenvalue weighted by atomic mass is 32.1. The van der Waals surface area contributed by atoms with Crippen LogP contribution in [0.15, 0.2) is 23.6 Å². The lowest BCUT2D eigenvalue weighted by Crippen LogP contribution is -2.09. The number of rotatable bonds is 8. The molecule has 0 unspecified atom stereocenters. The van der Waals surface area contributed by atoms with Crippen molar-refractivity contribution in [1.82, 2.24) is 4.98 Å². The van der Waals surface area contributed by atoms with Gasteiger partial charge in [-0.05, 0) is 26.8 Å². The van der Waals surface area contributed by atoms with E-state index >= 15 is 0 Å². The van der Waals surface area contributed by atoms with Crippen molar-refractivity contribution in [2.75, 3.05) is 26.6 Å². The standard InChI is InChI=1S/C21H24N2O5S2/c1-11(2)28-20(24)18-9-14(12(3)30-18)15-10-29-21(23-15)22-13-7-16(25-4)19(27-6)17(8-13)26-5/h7-11H,1-6H3,(H,22,23). The molecule has 160 valence electrons. The van der Waals surface area contributed by atoms with Gasteiger partial charge >= 0.3 is 5.97 Å². The molecule has 0 saturated carbocycles. The van der Waals surface area contributed by atoms with E-state index in [1.165, 1.54) is 22.7 Å². The van der Waals surface area contributed by atoms with E-state index in [9.17, 15) is 4.79 Å². The maximum atomic E-state index is 12.2. The quantitative estimate of drug-likeness (QED) is 0.455. The number of benzene rings is 1. The normalized spacial score (nSPS) is 10.8. The van der Waals surface area contributed by atoms with Crippen LogP contribution >= 0.6 is 22.7 Å². The largest absolute Gasteiger partial charge is 0.493 e. The van der Waals surface area contributed by atoms with E-state index in [0.29, 0.717) is 27.3 Å². The molecule has 0 radical (unpaired) electrons. The van der Waals surface area contributed by atoms with E-state index in [4.69, 9.17) is 18.9 Å². The molecule has 1 N–H and O–H groups in total. The highest BCUT2D eigenvalue weighted by Gasteiger charge is 2.18. The Morgan fingerprint density at radius 1 is 1.07 bits per heavy atom. The van der Waals surface area contributed by atoms with E-state index in [1.807, 2.05) is 44.4 Å². The first kappa shape index (κ1) is 21.9. The first-order chi connectivity index (χ1) is 14.4. The summed E-state index contributed by atoms with van der Waals surface area (Å²) in [7, 11) is 4.71. The summed E-state index contributed by atoms with van der Waals surface area (Å²) >= 11 is 2.88. The minimum Gasteiger partial charge on any atom is -0.493 e. The van der Waals surface area contributed by atoms with Crippen LogP contribution in [0, 0.1) is 6.92 Å². The number of hydrogen-bond donors (Lipinski definition) is 1. The molecule has 7 nitrogen and oxygen atoms in total. The van der Waals surface area contributed by atoms with Gasteiger partial charge in [-0.2, -0.15) is 0 Å². The van der Waals surface area contributed by atoms with E-state index in [2.05, 4.69) is 10.3 Å². The first-order valence-corrected chi connectivity index (χ1v) is 10.9. The van der Waals surface area contributed by atoms with Crippen LogP contribution in [0.5, 0.6) is 17.2 Å². The molecule has 30 heavy (non-hydrogen) atoms. The van der Waals surface area contributed by atoms with Crippen LogP contribution in [0.4, 0.5) is 10.8 Å². The zero-order valence-corrected chi connectivity index (χ0v) is 19.3. The number of nitrogens with one attached hydrogen (secondary N) is 1. The van der Waals surface area contributed by atoms with Crippen molar-refractivity contribution in [2.45, 2.75) is 26.9 Å². The molecule has 0 bridgehead atoms. The number of carbonyl (C=O) groups is 1. The lowest BCUT2D eigenvalue weighted by Gasteiger charge is -2.14. The average molecular weight is 449 g/mol. The molecule has 0 fully saturated rings. The Balaban J connectivity index is 1.84. The number of aryl methyl sites for hydroxylation is 1. The van der Waals surface area contributed by atoms with Gasteiger partial charge in [0.05, 0.1) is 33.1 Å². The van der Waals surface area contributed by atoms with Crippen molar-refractivity contribution < 1.29 is 23.7 Å². The number of anilines is 2. The number of aromatic nitrogens is 1. The smallest absolute Gasteiger partial charge is 0.348 e. The molecule has 3 rings (SSSR count). The molecule has 0 aliphatic carbocycles. The molecule has 0 saturated heterocycles. The summed E-state index contributed by atoms with van der Waals surface area (Å²) in [5.41, 5.74) is 2.48. The third kappa shape index (κ3) is 4.68. The number of thiophene rings is 1. The number of esters is 1. The van der Waals surface area contributed by atoms with E-state index in [1.54, 1.807) is 21.3 Å². The minimum atomic E-state index is -0.310. The van der Waals surface area contributed by atoms with Gasteiger partial charge in [0.2, 0.25) is 5.75 Å². The van der Waals surface area contributed by atoms with Gasteiger partial charge in [0.15, 0.2) is 16.6 Å². The summed E-state index contributed by atoms with van der Waals surface area (Å²) in [6.07, 6.45) is -0.156. The monoisotopic (exact) mass is 448 g/mol. The molecule has 0 spiro atoms. The van der Waals surface area contributed by atoms with Gasteiger partial charge in [-0.15, -0.1) is 22.7 Å². The lowest BCUT2D eigenvalue weighted by molar-refractivity contribution is 0.0384.